The van der Waals surface area contributed by atoms with E-state index in [1.54, 1.807) is 6.07 Å². The molecule has 2 nitrogen and oxygen atoms in total. The number of allylic oxidation sites excluding steroid dienone is 2. The highest BCUT2D eigenvalue weighted by atomic mass is 16.3. The summed E-state index contributed by atoms with van der Waals surface area (Å²) in [5, 5.41) is 22.1. The quantitative estimate of drug-likeness (QED) is 0.568. The lowest BCUT2D eigenvalue weighted by molar-refractivity contribution is 0.0582. The van der Waals surface area contributed by atoms with Gasteiger partial charge in [-0.1, -0.05) is 64.8 Å². The molecule has 5 unspecified atom stereocenters. The lowest BCUT2D eigenvalue weighted by atomic mass is 9.58. The summed E-state index contributed by atoms with van der Waals surface area (Å²) in [6, 6.07) is 1.80. The van der Waals surface area contributed by atoms with Crippen molar-refractivity contribution in [1.82, 2.24) is 0 Å². The van der Waals surface area contributed by atoms with Gasteiger partial charge >= 0.3 is 0 Å². The highest BCUT2D eigenvalue weighted by Gasteiger charge is 2.42. The number of fused-ring (bicyclic) bond motifs is 4. The zero-order valence-corrected chi connectivity index (χ0v) is 18.7. The predicted octanol–water partition coefficient (Wildman–Crippen LogP) is 5.53. The fourth-order valence-corrected chi connectivity index (χ4v) is 6.74. The molecule has 3 aliphatic rings. The Morgan fingerprint density at radius 2 is 1.72 bits per heavy atom. The third-order valence-electron chi connectivity index (χ3n) is 8.88. The molecule has 1 aromatic rings. The van der Waals surface area contributed by atoms with Gasteiger partial charge in [-0.15, -0.1) is 0 Å². The Morgan fingerprint density at radius 3 is 2.48 bits per heavy atom. The lowest BCUT2D eigenvalue weighted by Gasteiger charge is -2.47. The van der Waals surface area contributed by atoms with E-state index >= 15 is 0 Å². The summed E-state index contributed by atoms with van der Waals surface area (Å²) in [6.07, 6.45) is 14.7. The number of rotatable bonds is 0. The van der Waals surface area contributed by atoms with Gasteiger partial charge in [0.2, 0.25) is 0 Å². The van der Waals surface area contributed by atoms with Crippen LogP contribution in [-0.2, 0) is 5.41 Å². The van der Waals surface area contributed by atoms with Crippen LogP contribution in [0.2, 0.25) is 0 Å². The van der Waals surface area contributed by atoms with Gasteiger partial charge in [0.1, 0.15) is 0 Å². The van der Waals surface area contributed by atoms with Crippen LogP contribution in [0.5, 0.6) is 11.5 Å². The number of hydrogen-bond acceptors (Lipinski definition) is 2. The first-order valence-electron chi connectivity index (χ1n) is 11.6. The highest BCUT2D eigenvalue weighted by molar-refractivity contribution is 5.59. The molecule has 2 fully saturated rings. The van der Waals surface area contributed by atoms with Gasteiger partial charge in [0.25, 0.3) is 0 Å². The number of phenolic OH excluding ortho intramolecular Hbond substituents is 2. The summed E-state index contributed by atoms with van der Waals surface area (Å²) < 4.78 is 0. The predicted molar refractivity (Wildman–Crippen MR) is 121 cm³/mol. The third kappa shape index (κ3) is 3.33. The molecular formula is C27H38O2. The van der Waals surface area contributed by atoms with E-state index in [1.807, 2.05) is 0 Å². The molecule has 0 radical (unpaired) electrons. The molecule has 4 rings (SSSR count). The maximum absolute atomic E-state index is 10.3. The first-order chi connectivity index (χ1) is 13.7. The Kier molecular flexibility index (Phi) is 5.12. The average Bonchev–Trinajstić information content (AvgIpc) is 2.68. The standard InChI is InChI=1S/C27H38O2/c1-17-10-13-26(4)14-11-18(2)22-9-8-21-19(3)25(29)24(28)16-23(21)27(22,5)12-6-7-20(26)15-17/h8-9,16-18,20,28-29H,3,6-7,10-15H2,1-2,4-5H3. The zero-order valence-electron chi connectivity index (χ0n) is 18.7. The Balaban J connectivity index is 1.76. The second kappa shape index (κ2) is 7.22. The Bertz CT molecular complexity index is 942. The van der Waals surface area contributed by atoms with Gasteiger partial charge in [0, 0.05) is 10.6 Å². The molecule has 3 aliphatic carbocycles. The van der Waals surface area contributed by atoms with Gasteiger partial charge in [-0.05, 0) is 78.5 Å². The first-order valence-corrected chi connectivity index (χ1v) is 11.6. The number of phenols is 2. The molecule has 0 heterocycles. The Hall–Kier alpha value is -1.70. The van der Waals surface area contributed by atoms with Gasteiger partial charge < -0.3 is 10.2 Å². The van der Waals surface area contributed by atoms with Crippen LogP contribution in [0, 0.1) is 23.2 Å². The van der Waals surface area contributed by atoms with Crippen LogP contribution in [0.25, 0.3) is 12.7 Å². The number of benzene rings is 1. The van der Waals surface area contributed by atoms with Crippen LogP contribution in [0.4, 0.5) is 0 Å². The number of hydrogen-bond donors (Lipinski definition) is 2. The fourth-order valence-electron chi connectivity index (χ4n) is 6.74. The van der Waals surface area contributed by atoms with Crippen LogP contribution >= 0.6 is 0 Å². The van der Waals surface area contributed by atoms with Crippen molar-refractivity contribution < 1.29 is 10.2 Å². The largest absolute Gasteiger partial charge is 0.504 e. The van der Waals surface area contributed by atoms with E-state index in [4.69, 9.17) is 0 Å². The molecule has 1 aromatic carbocycles. The minimum absolute atomic E-state index is 0.0388. The van der Waals surface area contributed by atoms with Crippen molar-refractivity contribution in [2.45, 2.75) is 84.5 Å². The van der Waals surface area contributed by atoms with Crippen LogP contribution < -0.4 is 10.4 Å². The molecule has 0 aliphatic heterocycles. The van der Waals surface area contributed by atoms with Crippen molar-refractivity contribution in [3.05, 3.63) is 33.7 Å². The van der Waals surface area contributed by atoms with Crippen LogP contribution in [0.1, 0.15) is 84.6 Å². The maximum Gasteiger partial charge on any atom is 0.164 e. The van der Waals surface area contributed by atoms with E-state index in [2.05, 4.69) is 46.4 Å². The van der Waals surface area contributed by atoms with Gasteiger partial charge in [-0.25, -0.2) is 0 Å². The van der Waals surface area contributed by atoms with E-state index in [0.29, 0.717) is 16.6 Å². The fraction of sp³-hybridized carbons (Fsp3) is 0.630. The Morgan fingerprint density at radius 1 is 1.00 bits per heavy atom. The molecule has 2 heteroatoms. The zero-order chi connectivity index (χ0) is 21.0. The van der Waals surface area contributed by atoms with E-state index in [0.717, 1.165) is 29.0 Å². The lowest BCUT2D eigenvalue weighted by Crippen LogP contribution is -2.42. The van der Waals surface area contributed by atoms with Crippen LogP contribution in [0.3, 0.4) is 0 Å². The topological polar surface area (TPSA) is 40.5 Å². The normalized spacial score (nSPS) is 37.4. The molecule has 0 spiro atoms. The smallest absolute Gasteiger partial charge is 0.164 e. The van der Waals surface area contributed by atoms with Gasteiger partial charge in [-0.3, -0.25) is 0 Å². The van der Waals surface area contributed by atoms with E-state index in [9.17, 15) is 10.2 Å². The van der Waals surface area contributed by atoms with Crippen molar-refractivity contribution in [2.75, 3.05) is 0 Å². The Labute approximate surface area is 176 Å². The monoisotopic (exact) mass is 394 g/mol. The van der Waals surface area contributed by atoms with Crippen molar-refractivity contribution in [3.8, 4) is 11.5 Å². The van der Waals surface area contributed by atoms with Crippen molar-refractivity contribution in [1.29, 1.82) is 0 Å². The average molecular weight is 395 g/mol. The molecule has 2 N–H and O–H groups in total. The summed E-state index contributed by atoms with van der Waals surface area (Å²) in [4.78, 5) is 0. The van der Waals surface area contributed by atoms with Crippen molar-refractivity contribution in [3.63, 3.8) is 0 Å². The summed E-state index contributed by atoms with van der Waals surface area (Å²) in [5.41, 5.74) is 3.02. The minimum Gasteiger partial charge on any atom is -0.504 e. The molecule has 0 saturated heterocycles. The van der Waals surface area contributed by atoms with Crippen LogP contribution in [0.15, 0.2) is 17.7 Å². The molecule has 158 valence electrons. The summed E-state index contributed by atoms with van der Waals surface area (Å²) in [7, 11) is 0. The highest BCUT2D eigenvalue weighted by Crippen LogP contribution is 2.52. The SMILES string of the molecule is C=c1c(O)c(O)cc2c1=CC=C1C(C)CCC3(C)CCC(C)CC3CCCC12C. The molecule has 0 amide bonds. The van der Waals surface area contributed by atoms with Crippen LogP contribution in [-0.4, -0.2) is 10.2 Å². The van der Waals surface area contributed by atoms with Gasteiger partial charge in [-0.2, -0.15) is 0 Å². The first kappa shape index (κ1) is 20.6. The maximum atomic E-state index is 10.3. The van der Waals surface area contributed by atoms with E-state index < -0.39 is 0 Å². The summed E-state index contributed by atoms with van der Waals surface area (Å²) >= 11 is 0. The second-order valence-corrected chi connectivity index (χ2v) is 10.9. The van der Waals surface area contributed by atoms with E-state index in [-0.39, 0.29) is 16.9 Å². The van der Waals surface area contributed by atoms with Gasteiger partial charge in [0.05, 0.1) is 0 Å². The second-order valence-electron chi connectivity index (χ2n) is 10.9. The molecule has 0 bridgehead atoms. The van der Waals surface area contributed by atoms with Crippen molar-refractivity contribution in [2.24, 2.45) is 23.2 Å². The molecule has 5 atom stereocenters. The minimum atomic E-state index is -0.102. The molecule has 29 heavy (non-hydrogen) atoms. The number of aromatic hydroxyl groups is 2. The van der Waals surface area contributed by atoms with Gasteiger partial charge in [0.15, 0.2) is 11.5 Å². The summed E-state index contributed by atoms with van der Waals surface area (Å²) in [6.45, 7) is 13.8. The molecular weight excluding hydrogens is 356 g/mol. The van der Waals surface area contributed by atoms with E-state index in [1.165, 1.54) is 50.5 Å². The molecule has 0 aromatic heterocycles. The summed E-state index contributed by atoms with van der Waals surface area (Å²) in [5.74, 6) is 2.09. The van der Waals surface area contributed by atoms with Crippen molar-refractivity contribution >= 4 is 12.7 Å². The molecule has 2 saturated carbocycles. The third-order valence-corrected chi connectivity index (χ3v) is 8.88.